The molecule has 0 bridgehead atoms. The molecule has 1 amide bonds. The van der Waals surface area contributed by atoms with Crippen molar-refractivity contribution in [2.75, 3.05) is 27.2 Å². The van der Waals surface area contributed by atoms with E-state index in [-0.39, 0.29) is 5.91 Å². The number of carbonyl (C=O) groups excluding carboxylic acids is 1. The SMILES string of the molecule is CN(C(=O)c1cc2c(s1)CCCC2)C1CC[NH+](C)CC1. The van der Waals surface area contributed by atoms with Gasteiger partial charge in [-0.05, 0) is 37.3 Å². The molecule has 2 aliphatic rings. The van der Waals surface area contributed by atoms with Crippen LogP contribution in [0.3, 0.4) is 0 Å². The maximum atomic E-state index is 12.7. The molecule has 110 valence electrons. The molecule has 1 saturated heterocycles. The normalized spacial score (nSPS) is 26.1. The molecular formula is C16H25N2OS+. The number of carbonyl (C=O) groups is 1. The number of hydrogen-bond acceptors (Lipinski definition) is 2. The van der Waals surface area contributed by atoms with Crippen LogP contribution in [0.15, 0.2) is 6.07 Å². The predicted molar refractivity (Wildman–Crippen MR) is 82.7 cm³/mol. The molecule has 20 heavy (non-hydrogen) atoms. The van der Waals surface area contributed by atoms with Crippen molar-refractivity contribution < 1.29 is 9.69 Å². The molecule has 0 radical (unpaired) electrons. The number of amides is 1. The topological polar surface area (TPSA) is 24.8 Å². The zero-order valence-corrected chi connectivity index (χ0v) is 13.4. The van der Waals surface area contributed by atoms with Crippen molar-refractivity contribution in [2.45, 2.75) is 44.6 Å². The Hall–Kier alpha value is -0.870. The monoisotopic (exact) mass is 293 g/mol. The van der Waals surface area contributed by atoms with Crippen LogP contribution in [0.5, 0.6) is 0 Å². The highest BCUT2D eigenvalue weighted by Gasteiger charge is 2.28. The molecule has 3 nitrogen and oxygen atoms in total. The van der Waals surface area contributed by atoms with Gasteiger partial charge < -0.3 is 9.80 Å². The van der Waals surface area contributed by atoms with E-state index in [4.69, 9.17) is 0 Å². The number of nitrogens with zero attached hydrogens (tertiary/aromatic N) is 1. The van der Waals surface area contributed by atoms with Gasteiger partial charge in [-0.1, -0.05) is 0 Å². The number of fused-ring (bicyclic) bond motifs is 1. The summed E-state index contributed by atoms with van der Waals surface area (Å²) >= 11 is 1.74. The fourth-order valence-electron chi connectivity index (χ4n) is 3.42. The zero-order valence-electron chi connectivity index (χ0n) is 12.6. The van der Waals surface area contributed by atoms with Gasteiger partial charge in [0.1, 0.15) is 0 Å². The van der Waals surface area contributed by atoms with Crippen LogP contribution < -0.4 is 4.90 Å². The molecule has 1 N–H and O–H groups in total. The molecule has 0 saturated carbocycles. The molecule has 1 aromatic heterocycles. The highest BCUT2D eigenvalue weighted by atomic mass is 32.1. The Labute approximate surface area is 125 Å². The van der Waals surface area contributed by atoms with Crippen molar-refractivity contribution in [1.29, 1.82) is 0 Å². The number of hydrogen-bond donors (Lipinski definition) is 1. The van der Waals surface area contributed by atoms with Gasteiger partial charge in [-0.2, -0.15) is 0 Å². The maximum Gasteiger partial charge on any atom is 0.263 e. The van der Waals surface area contributed by atoms with Crippen molar-refractivity contribution >= 4 is 17.2 Å². The van der Waals surface area contributed by atoms with Crippen molar-refractivity contribution in [3.05, 3.63) is 21.4 Å². The fraction of sp³-hybridized carbons (Fsp3) is 0.688. The van der Waals surface area contributed by atoms with Gasteiger partial charge in [0, 0.05) is 30.8 Å². The minimum absolute atomic E-state index is 0.244. The van der Waals surface area contributed by atoms with Gasteiger partial charge in [0.15, 0.2) is 0 Å². The van der Waals surface area contributed by atoms with E-state index in [1.807, 2.05) is 11.9 Å². The van der Waals surface area contributed by atoms with Crippen LogP contribution in [0.1, 0.15) is 45.8 Å². The Kier molecular flexibility index (Phi) is 4.13. The summed E-state index contributed by atoms with van der Waals surface area (Å²) in [6.45, 7) is 2.37. The highest BCUT2D eigenvalue weighted by molar-refractivity contribution is 7.14. The van der Waals surface area contributed by atoms with Crippen LogP contribution in [0, 0.1) is 0 Å². The van der Waals surface area contributed by atoms with E-state index in [1.165, 1.54) is 49.2 Å². The highest BCUT2D eigenvalue weighted by Crippen LogP contribution is 2.30. The Morgan fingerprint density at radius 2 is 2.00 bits per heavy atom. The largest absolute Gasteiger partial charge is 0.338 e. The van der Waals surface area contributed by atoms with Gasteiger partial charge in [-0.15, -0.1) is 11.3 Å². The van der Waals surface area contributed by atoms with E-state index in [0.29, 0.717) is 6.04 Å². The van der Waals surface area contributed by atoms with E-state index in [2.05, 4.69) is 13.1 Å². The number of thiophene rings is 1. The lowest BCUT2D eigenvalue weighted by Crippen LogP contribution is -3.10. The summed E-state index contributed by atoms with van der Waals surface area (Å²) < 4.78 is 0. The third-order valence-corrected chi connectivity index (χ3v) is 6.11. The summed E-state index contributed by atoms with van der Waals surface area (Å²) in [4.78, 5) is 18.7. The minimum atomic E-state index is 0.244. The van der Waals surface area contributed by atoms with Crippen molar-refractivity contribution in [2.24, 2.45) is 0 Å². The number of quaternary nitrogens is 1. The summed E-state index contributed by atoms with van der Waals surface area (Å²) in [6.07, 6.45) is 7.19. The van der Waals surface area contributed by atoms with Gasteiger partial charge in [0.2, 0.25) is 0 Å². The second kappa shape index (κ2) is 5.86. The molecule has 2 heterocycles. The summed E-state index contributed by atoms with van der Waals surface area (Å²) in [5, 5.41) is 0. The van der Waals surface area contributed by atoms with Crippen molar-refractivity contribution in [3.8, 4) is 0 Å². The third kappa shape index (κ3) is 2.77. The Bertz CT molecular complexity index is 465. The number of piperidine rings is 1. The quantitative estimate of drug-likeness (QED) is 0.875. The van der Waals surface area contributed by atoms with Gasteiger partial charge in [0.25, 0.3) is 5.91 Å². The van der Waals surface area contributed by atoms with Crippen LogP contribution in [0.25, 0.3) is 0 Å². The number of nitrogens with one attached hydrogen (secondary N) is 1. The molecule has 1 aromatic rings. The Morgan fingerprint density at radius 3 is 2.70 bits per heavy atom. The molecule has 1 aliphatic carbocycles. The predicted octanol–water partition coefficient (Wildman–Crippen LogP) is 1.38. The van der Waals surface area contributed by atoms with Gasteiger partial charge in [0.05, 0.1) is 25.0 Å². The van der Waals surface area contributed by atoms with Crippen molar-refractivity contribution in [1.82, 2.24) is 4.90 Å². The van der Waals surface area contributed by atoms with Crippen molar-refractivity contribution in [3.63, 3.8) is 0 Å². The lowest BCUT2D eigenvalue weighted by molar-refractivity contribution is -0.885. The Balaban J connectivity index is 1.70. The first kappa shape index (κ1) is 14.1. The lowest BCUT2D eigenvalue weighted by atomic mass is 9.99. The lowest BCUT2D eigenvalue weighted by Gasteiger charge is -2.33. The average Bonchev–Trinajstić information content (AvgIpc) is 2.90. The number of likely N-dealkylation sites (tertiary alicyclic amines) is 1. The first-order chi connectivity index (χ1) is 9.65. The summed E-state index contributed by atoms with van der Waals surface area (Å²) in [6, 6.07) is 2.60. The zero-order chi connectivity index (χ0) is 14.1. The van der Waals surface area contributed by atoms with E-state index in [0.717, 1.165) is 17.7 Å². The standard InChI is InChI=1S/C16H24N2OS/c1-17-9-7-13(8-10-17)18(2)16(19)15-11-12-5-3-4-6-14(12)20-15/h11,13H,3-10H2,1-2H3/p+1. The molecule has 3 rings (SSSR count). The first-order valence-corrected chi connectivity index (χ1v) is 8.67. The molecule has 1 aliphatic heterocycles. The smallest absolute Gasteiger partial charge is 0.263 e. The second-order valence-corrected chi connectivity index (χ2v) is 7.51. The summed E-state index contributed by atoms with van der Waals surface area (Å²) in [5.41, 5.74) is 1.44. The number of aryl methyl sites for hydroxylation is 2. The van der Waals surface area contributed by atoms with E-state index in [9.17, 15) is 4.79 Å². The maximum absolute atomic E-state index is 12.7. The second-order valence-electron chi connectivity index (χ2n) is 6.37. The molecule has 0 atom stereocenters. The molecule has 0 unspecified atom stereocenters. The van der Waals surface area contributed by atoms with Gasteiger partial charge >= 0.3 is 0 Å². The van der Waals surface area contributed by atoms with Crippen LogP contribution in [0.2, 0.25) is 0 Å². The van der Waals surface area contributed by atoms with Crippen LogP contribution in [0.4, 0.5) is 0 Å². The average molecular weight is 293 g/mol. The van der Waals surface area contributed by atoms with Crippen LogP contribution in [-0.2, 0) is 12.8 Å². The Morgan fingerprint density at radius 1 is 1.30 bits per heavy atom. The summed E-state index contributed by atoms with van der Waals surface area (Å²) in [7, 11) is 4.23. The third-order valence-electron chi connectivity index (χ3n) is 4.88. The molecule has 0 spiro atoms. The number of rotatable bonds is 2. The van der Waals surface area contributed by atoms with Crippen LogP contribution in [-0.4, -0.2) is 44.0 Å². The fourth-order valence-corrected chi connectivity index (χ4v) is 4.65. The van der Waals surface area contributed by atoms with Gasteiger partial charge in [-0.25, -0.2) is 0 Å². The van der Waals surface area contributed by atoms with E-state index in [1.54, 1.807) is 16.2 Å². The first-order valence-electron chi connectivity index (χ1n) is 7.85. The van der Waals surface area contributed by atoms with Crippen LogP contribution >= 0.6 is 11.3 Å². The molecular weight excluding hydrogens is 268 g/mol. The van der Waals surface area contributed by atoms with Gasteiger partial charge in [-0.3, -0.25) is 4.79 Å². The molecule has 0 aromatic carbocycles. The van der Waals surface area contributed by atoms with E-state index >= 15 is 0 Å². The minimum Gasteiger partial charge on any atom is -0.338 e. The van der Waals surface area contributed by atoms with E-state index < -0.39 is 0 Å². The summed E-state index contributed by atoms with van der Waals surface area (Å²) in [5.74, 6) is 0.244. The molecule has 1 fully saturated rings. The molecule has 4 heteroatoms.